The highest BCUT2D eigenvalue weighted by atomic mass is 19.4. The highest BCUT2D eigenvalue weighted by Crippen LogP contribution is 2.33. The molecular formula is C22H25F5N6O4. The van der Waals surface area contributed by atoms with E-state index in [1.165, 1.54) is 6.92 Å². The maximum Gasteiger partial charge on any atom is 0.425 e. The first kappa shape index (κ1) is 26.7. The minimum Gasteiger partial charge on any atom is -0.486 e. The van der Waals surface area contributed by atoms with Gasteiger partial charge in [0.1, 0.15) is 12.2 Å². The molecule has 1 N–H and O–H groups in total. The second kappa shape index (κ2) is 10.9. The molecule has 2 unspecified atom stereocenters. The molecule has 0 spiro atoms. The van der Waals surface area contributed by atoms with Crippen molar-refractivity contribution in [3.8, 4) is 5.75 Å². The van der Waals surface area contributed by atoms with E-state index in [9.17, 15) is 31.5 Å². The van der Waals surface area contributed by atoms with Crippen LogP contribution in [0.15, 0.2) is 23.4 Å². The average molecular weight is 532 g/mol. The summed E-state index contributed by atoms with van der Waals surface area (Å²) in [6.45, 7) is 2.86. The van der Waals surface area contributed by atoms with Crippen LogP contribution in [0.4, 0.5) is 27.9 Å². The van der Waals surface area contributed by atoms with Gasteiger partial charge in [-0.2, -0.15) is 18.3 Å². The molecule has 1 amide bonds. The number of carbonyl (C=O) groups is 1. The van der Waals surface area contributed by atoms with Crippen LogP contribution in [0, 0.1) is 0 Å². The monoisotopic (exact) mass is 532 g/mol. The number of piperidine rings is 1. The van der Waals surface area contributed by atoms with Gasteiger partial charge < -0.3 is 19.3 Å². The number of aromatic nitrogens is 4. The van der Waals surface area contributed by atoms with Gasteiger partial charge in [-0.05, 0) is 19.8 Å². The molecule has 4 rings (SSSR count). The molecule has 0 aromatic carbocycles. The molecule has 37 heavy (non-hydrogen) atoms. The lowest BCUT2D eigenvalue weighted by atomic mass is 10.0. The van der Waals surface area contributed by atoms with Crippen LogP contribution in [0.1, 0.15) is 43.7 Å². The number of likely N-dealkylation sites (tertiary alicyclic amines) is 1. The van der Waals surface area contributed by atoms with Crippen molar-refractivity contribution in [2.75, 3.05) is 31.1 Å². The third-order valence-electron chi connectivity index (χ3n) is 6.25. The fourth-order valence-corrected chi connectivity index (χ4v) is 4.42. The van der Waals surface area contributed by atoms with Gasteiger partial charge in [-0.15, -0.1) is 0 Å². The number of amides is 1. The normalized spacial score (nSPS) is 20.1. The summed E-state index contributed by atoms with van der Waals surface area (Å²) in [7, 11) is 0. The largest absolute Gasteiger partial charge is 0.486 e. The van der Waals surface area contributed by atoms with Gasteiger partial charge in [0.2, 0.25) is 5.95 Å². The summed E-state index contributed by atoms with van der Waals surface area (Å²) in [5.74, 6) is -0.571. The van der Waals surface area contributed by atoms with Gasteiger partial charge in [0.25, 0.3) is 17.9 Å². The maximum atomic E-state index is 13.2. The van der Waals surface area contributed by atoms with E-state index in [1.54, 1.807) is 10.00 Å². The van der Waals surface area contributed by atoms with Crippen LogP contribution >= 0.6 is 0 Å². The number of nitrogens with one attached hydrogen (secondary N) is 1. The van der Waals surface area contributed by atoms with Gasteiger partial charge in [0.15, 0.2) is 11.3 Å². The predicted octanol–water partition coefficient (Wildman–Crippen LogP) is 2.57. The Bertz CT molecular complexity index is 1140. The van der Waals surface area contributed by atoms with Crippen LogP contribution in [0.3, 0.4) is 0 Å². The SMILES string of the molecule is CC(COC1CCN(C2CCN(c3ncc(C(F)F)cn3)CC2)C1=O)Oc1cn[nH]c(=O)c1C(F)(F)F. The topological polar surface area (TPSA) is 114 Å². The number of H-pyrrole nitrogens is 1. The molecule has 0 aliphatic carbocycles. The Labute approximate surface area is 207 Å². The van der Waals surface area contributed by atoms with Crippen LogP contribution < -0.4 is 15.2 Å². The third-order valence-corrected chi connectivity index (χ3v) is 6.25. The van der Waals surface area contributed by atoms with Crippen molar-refractivity contribution in [3.05, 3.63) is 40.1 Å². The summed E-state index contributed by atoms with van der Waals surface area (Å²) < 4.78 is 75.8. The van der Waals surface area contributed by atoms with Gasteiger partial charge in [0.05, 0.1) is 18.4 Å². The van der Waals surface area contributed by atoms with Crippen LogP contribution in [-0.2, 0) is 15.7 Å². The summed E-state index contributed by atoms with van der Waals surface area (Å²) in [6.07, 6.45) is -4.54. The van der Waals surface area contributed by atoms with E-state index in [0.29, 0.717) is 44.8 Å². The maximum absolute atomic E-state index is 13.2. The lowest BCUT2D eigenvalue weighted by Gasteiger charge is -2.36. The molecule has 0 radical (unpaired) electrons. The summed E-state index contributed by atoms with van der Waals surface area (Å²) in [6, 6.07) is -0.0391. The molecular weight excluding hydrogens is 507 g/mol. The minimum atomic E-state index is -4.93. The summed E-state index contributed by atoms with van der Waals surface area (Å²) >= 11 is 0. The van der Waals surface area contributed by atoms with Crippen molar-refractivity contribution in [2.24, 2.45) is 0 Å². The van der Waals surface area contributed by atoms with Crippen molar-refractivity contribution >= 4 is 11.9 Å². The Morgan fingerprint density at radius 3 is 2.38 bits per heavy atom. The van der Waals surface area contributed by atoms with Crippen LogP contribution in [-0.4, -0.2) is 75.5 Å². The molecule has 2 aromatic rings. The molecule has 2 saturated heterocycles. The van der Waals surface area contributed by atoms with Gasteiger partial charge in [-0.25, -0.2) is 23.8 Å². The first-order chi connectivity index (χ1) is 17.5. The van der Waals surface area contributed by atoms with E-state index < -0.39 is 41.7 Å². The summed E-state index contributed by atoms with van der Waals surface area (Å²) in [4.78, 5) is 36.1. The van der Waals surface area contributed by atoms with Gasteiger partial charge in [-0.1, -0.05) is 0 Å². The van der Waals surface area contributed by atoms with Crippen molar-refractivity contribution < 1.29 is 36.2 Å². The van der Waals surface area contributed by atoms with E-state index in [0.717, 1.165) is 18.6 Å². The Balaban J connectivity index is 1.27. The molecule has 15 heteroatoms. The highest BCUT2D eigenvalue weighted by molar-refractivity contribution is 5.83. The minimum absolute atomic E-state index is 0.0391. The predicted molar refractivity (Wildman–Crippen MR) is 118 cm³/mol. The van der Waals surface area contributed by atoms with Crippen molar-refractivity contribution in [2.45, 2.75) is 57.0 Å². The second-order valence-electron chi connectivity index (χ2n) is 8.84. The van der Waals surface area contributed by atoms with Crippen molar-refractivity contribution in [3.63, 3.8) is 0 Å². The zero-order valence-electron chi connectivity index (χ0n) is 19.8. The molecule has 202 valence electrons. The molecule has 2 atom stereocenters. The van der Waals surface area contributed by atoms with Gasteiger partial charge in [-0.3, -0.25) is 9.59 Å². The smallest absolute Gasteiger partial charge is 0.425 e. The molecule has 2 fully saturated rings. The molecule has 2 aromatic heterocycles. The number of anilines is 1. The van der Waals surface area contributed by atoms with Crippen molar-refractivity contribution in [1.29, 1.82) is 0 Å². The Morgan fingerprint density at radius 1 is 1.08 bits per heavy atom. The molecule has 10 nitrogen and oxygen atoms in total. The molecule has 2 aliphatic heterocycles. The van der Waals surface area contributed by atoms with Crippen LogP contribution in [0.25, 0.3) is 0 Å². The number of ether oxygens (including phenoxy) is 2. The van der Waals surface area contributed by atoms with Crippen LogP contribution in [0.2, 0.25) is 0 Å². The molecule has 2 aliphatic rings. The van der Waals surface area contributed by atoms with E-state index in [-0.39, 0.29) is 24.1 Å². The number of rotatable bonds is 8. The number of nitrogens with zero attached hydrogens (tertiary/aromatic N) is 5. The van der Waals surface area contributed by atoms with E-state index in [4.69, 9.17) is 9.47 Å². The fourth-order valence-electron chi connectivity index (χ4n) is 4.42. The summed E-state index contributed by atoms with van der Waals surface area (Å²) in [5.41, 5.74) is -3.15. The zero-order chi connectivity index (χ0) is 26.7. The fraction of sp³-hybridized carbons (Fsp3) is 0.591. The molecule has 0 saturated carbocycles. The van der Waals surface area contributed by atoms with Crippen LogP contribution in [0.5, 0.6) is 5.75 Å². The van der Waals surface area contributed by atoms with E-state index in [2.05, 4.69) is 15.1 Å². The Morgan fingerprint density at radius 2 is 1.76 bits per heavy atom. The standard InChI is InChI=1S/C22H25F5N6O4/c1-12(37-16-10-30-31-19(34)17(16)22(25,26)27)11-36-15-4-7-33(20(15)35)14-2-5-32(6-3-14)21-28-8-13(9-29-21)18(23)24/h8-10,12,14-15,18H,2-7,11H2,1H3,(H,31,34). The van der Waals surface area contributed by atoms with E-state index in [1.807, 2.05) is 4.90 Å². The highest BCUT2D eigenvalue weighted by Gasteiger charge is 2.40. The Hall–Kier alpha value is -3.36. The molecule has 0 bridgehead atoms. The third kappa shape index (κ3) is 6.14. The number of halogens is 5. The zero-order valence-corrected chi connectivity index (χ0v) is 19.8. The summed E-state index contributed by atoms with van der Waals surface area (Å²) in [5, 5.41) is 5.09. The number of carbonyl (C=O) groups excluding carboxylic acids is 1. The second-order valence-corrected chi connectivity index (χ2v) is 8.84. The lowest BCUT2D eigenvalue weighted by Crippen LogP contribution is -2.47. The average Bonchev–Trinajstić information content (AvgIpc) is 3.22. The van der Waals surface area contributed by atoms with Gasteiger partial charge >= 0.3 is 6.18 Å². The quantitative estimate of drug-likeness (QED) is 0.517. The number of aromatic amines is 1. The van der Waals surface area contributed by atoms with Crippen molar-refractivity contribution in [1.82, 2.24) is 25.1 Å². The first-order valence-electron chi connectivity index (χ1n) is 11.6. The molecule has 4 heterocycles. The first-order valence-corrected chi connectivity index (χ1v) is 11.6. The van der Waals surface area contributed by atoms with Gasteiger partial charge in [0, 0.05) is 44.5 Å². The Kier molecular flexibility index (Phi) is 7.90. The van der Waals surface area contributed by atoms with E-state index >= 15 is 0 Å². The number of alkyl halides is 5. The number of hydrogen-bond donors (Lipinski definition) is 1. The lowest BCUT2D eigenvalue weighted by molar-refractivity contribution is -0.141. The number of hydrogen-bond acceptors (Lipinski definition) is 8.